The number of benzene rings is 2. The van der Waals surface area contributed by atoms with Crippen LogP contribution in [0.1, 0.15) is 39.4 Å². The molecule has 2 aromatic carbocycles. The van der Waals surface area contributed by atoms with Gasteiger partial charge in [-0.05, 0) is 79.3 Å². The molecule has 0 fully saturated rings. The molecule has 0 unspecified atom stereocenters. The van der Waals surface area contributed by atoms with Crippen LogP contribution in [0.4, 0.5) is 14.5 Å². The summed E-state index contributed by atoms with van der Waals surface area (Å²) >= 11 is 0. The van der Waals surface area contributed by atoms with Crippen LogP contribution < -0.4 is 14.8 Å². The minimum atomic E-state index is -2.99. The maximum absolute atomic E-state index is 12.6. The number of aryl methyl sites for hydroxylation is 3. The van der Waals surface area contributed by atoms with Crippen LogP contribution >= 0.6 is 0 Å². The van der Waals surface area contributed by atoms with Gasteiger partial charge in [0.2, 0.25) is 0 Å². The Kier molecular flexibility index (Phi) is 5.70. The van der Waals surface area contributed by atoms with Gasteiger partial charge in [-0.25, -0.2) is 0 Å². The SMILES string of the molecule is Cc1ccc(NC(=O)c2ccc(COc3ccc4c(c3)CCC4)o2)c(OC(F)F)c1. The maximum Gasteiger partial charge on any atom is 0.387 e. The van der Waals surface area contributed by atoms with E-state index in [9.17, 15) is 13.6 Å². The van der Waals surface area contributed by atoms with Crippen molar-refractivity contribution >= 4 is 11.6 Å². The molecule has 30 heavy (non-hydrogen) atoms. The van der Waals surface area contributed by atoms with E-state index in [1.165, 1.54) is 35.7 Å². The molecule has 5 nitrogen and oxygen atoms in total. The van der Waals surface area contributed by atoms with Crippen molar-refractivity contribution in [2.75, 3.05) is 5.32 Å². The number of furan rings is 1. The van der Waals surface area contributed by atoms with Crippen LogP contribution in [0.2, 0.25) is 0 Å². The van der Waals surface area contributed by atoms with E-state index < -0.39 is 12.5 Å². The third-order valence-corrected chi connectivity index (χ3v) is 4.94. The second-order valence-electron chi connectivity index (χ2n) is 7.17. The highest BCUT2D eigenvalue weighted by atomic mass is 19.3. The van der Waals surface area contributed by atoms with E-state index in [2.05, 4.69) is 16.1 Å². The highest BCUT2D eigenvalue weighted by molar-refractivity contribution is 6.03. The Labute approximate surface area is 172 Å². The van der Waals surface area contributed by atoms with Gasteiger partial charge in [0.05, 0.1) is 5.69 Å². The van der Waals surface area contributed by atoms with Gasteiger partial charge in [-0.2, -0.15) is 8.78 Å². The molecule has 0 radical (unpaired) electrons. The number of hydrogen-bond donors (Lipinski definition) is 1. The lowest BCUT2D eigenvalue weighted by atomic mass is 10.1. The van der Waals surface area contributed by atoms with Crippen molar-refractivity contribution in [3.63, 3.8) is 0 Å². The van der Waals surface area contributed by atoms with Gasteiger partial charge in [0, 0.05) is 0 Å². The normalized spacial score (nSPS) is 12.7. The lowest BCUT2D eigenvalue weighted by Crippen LogP contribution is -2.13. The topological polar surface area (TPSA) is 60.7 Å². The molecule has 0 bridgehead atoms. The second kappa shape index (κ2) is 8.57. The zero-order chi connectivity index (χ0) is 21.1. The van der Waals surface area contributed by atoms with Crippen LogP contribution in [0.5, 0.6) is 11.5 Å². The predicted octanol–water partition coefficient (Wildman–Crippen LogP) is 5.51. The molecule has 0 saturated carbocycles. The first-order valence-electron chi connectivity index (χ1n) is 9.68. The van der Waals surface area contributed by atoms with Gasteiger partial charge < -0.3 is 19.2 Å². The number of nitrogens with one attached hydrogen (secondary N) is 1. The van der Waals surface area contributed by atoms with Crippen LogP contribution in [0.3, 0.4) is 0 Å². The van der Waals surface area contributed by atoms with Crippen LogP contribution in [0, 0.1) is 6.92 Å². The molecule has 0 saturated heterocycles. The molecule has 3 aromatic rings. The summed E-state index contributed by atoms with van der Waals surface area (Å²) < 4.78 is 41.1. The third-order valence-electron chi connectivity index (χ3n) is 4.94. The van der Waals surface area contributed by atoms with Crippen molar-refractivity contribution in [1.82, 2.24) is 0 Å². The van der Waals surface area contributed by atoms with Gasteiger partial charge in [0.25, 0.3) is 5.91 Å². The Morgan fingerprint density at radius 3 is 2.77 bits per heavy atom. The summed E-state index contributed by atoms with van der Waals surface area (Å²) in [7, 11) is 0. The monoisotopic (exact) mass is 413 g/mol. The van der Waals surface area contributed by atoms with Crippen molar-refractivity contribution in [3.8, 4) is 11.5 Å². The lowest BCUT2D eigenvalue weighted by molar-refractivity contribution is -0.0494. The van der Waals surface area contributed by atoms with E-state index in [-0.39, 0.29) is 23.8 Å². The smallest absolute Gasteiger partial charge is 0.387 e. The molecular formula is C23H21F2NO4. The number of amides is 1. The standard InChI is InChI=1S/C23H21F2NO4/c1-14-5-9-19(21(11-14)30-23(24)25)26-22(27)20-10-8-18(29-20)13-28-17-7-6-15-3-2-4-16(15)12-17/h5-12,23H,2-4,13H2,1H3,(H,26,27). The Balaban J connectivity index is 1.40. The molecule has 1 amide bonds. The number of rotatable bonds is 7. The Bertz CT molecular complexity index is 1060. The summed E-state index contributed by atoms with van der Waals surface area (Å²) in [6.45, 7) is -1.07. The van der Waals surface area contributed by atoms with Gasteiger partial charge in [0.1, 0.15) is 23.9 Å². The van der Waals surface area contributed by atoms with E-state index in [0.717, 1.165) is 24.2 Å². The Morgan fingerprint density at radius 1 is 1.10 bits per heavy atom. The van der Waals surface area contributed by atoms with Gasteiger partial charge >= 0.3 is 6.61 Å². The van der Waals surface area contributed by atoms with E-state index in [0.29, 0.717) is 5.76 Å². The molecule has 4 rings (SSSR count). The fourth-order valence-electron chi connectivity index (χ4n) is 3.48. The number of alkyl halides is 2. The van der Waals surface area contributed by atoms with Gasteiger partial charge in [-0.3, -0.25) is 4.79 Å². The highest BCUT2D eigenvalue weighted by Crippen LogP contribution is 2.29. The highest BCUT2D eigenvalue weighted by Gasteiger charge is 2.17. The third kappa shape index (κ3) is 4.62. The summed E-state index contributed by atoms with van der Waals surface area (Å²) in [5.74, 6) is 0.609. The summed E-state index contributed by atoms with van der Waals surface area (Å²) in [6.07, 6.45) is 3.34. The predicted molar refractivity (Wildman–Crippen MR) is 107 cm³/mol. The molecule has 1 aliphatic rings. The second-order valence-corrected chi connectivity index (χ2v) is 7.17. The number of carbonyl (C=O) groups is 1. The molecule has 1 aromatic heterocycles. The molecule has 0 atom stereocenters. The fraction of sp³-hybridized carbons (Fsp3) is 0.261. The lowest BCUT2D eigenvalue weighted by Gasteiger charge is -2.12. The van der Waals surface area contributed by atoms with Crippen LogP contribution in [0.15, 0.2) is 52.9 Å². The molecule has 1 heterocycles. The molecule has 1 aliphatic carbocycles. The average Bonchev–Trinajstić information content (AvgIpc) is 3.36. The fourth-order valence-corrected chi connectivity index (χ4v) is 3.48. The first-order valence-corrected chi connectivity index (χ1v) is 9.68. The molecule has 1 N–H and O–H groups in total. The number of fused-ring (bicyclic) bond motifs is 1. The van der Waals surface area contributed by atoms with Crippen molar-refractivity contribution in [2.45, 2.75) is 39.4 Å². The zero-order valence-electron chi connectivity index (χ0n) is 16.4. The molecular weight excluding hydrogens is 392 g/mol. The first-order chi connectivity index (χ1) is 14.5. The van der Waals surface area contributed by atoms with Gasteiger partial charge in [0.15, 0.2) is 5.76 Å². The molecule has 156 valence electrons. The minimum Gasteiger partial charge on any atom is -0.486 e. The molecule has 0 aliphatic heterocycles. The van der Waals surface area contributed by atoms with Crippen molar-refractivity contribution in [2.24, 2.45) is 0 Å². The van der Waals surface area contributed by atoms with E-state index in [4.69, 9.17) is 9.15 Å². The van der Waals surface area contributed by atoms with Crippen molar-refractivity contribution in [3.05, 3.63) is 76.7 Å². The summed E-state index contributed by atoms with van der Waals surface area (Å²) in [4.78, 5) is 12.5. The number of halogens is 2. The number of carbonyl (C=O) groups excluding carboxylic acids is 1. The van der Waals surface area contributed by atoms with Crippen LogP contribution in [-0.4, -0.2) is 12.5 Å². The number of ether oxygens (including phenoxy) is 2. The Hall–Kier alpha value is -3.35. The van der Waals surface area contributed by atoms with Crippen LogP contribution in [-0.2, 0) is 19.4 Å². The largest absolute Gasteiger partial charge is 0.486 e. The minimum absolute atomic E-state index is 0.0473. The first kappa shape index (κ1) is 19.9. The number of anilines is 1. The van der Waals surface area contributed by atoms with Crippen LogP contribution in [0.25, 0.3) is 0 Å². The van der Waals surface area contributed by atoms with Gasteiger partial charge in [-0.15, -0.1) is 0 Å². The van der Waals surface area contributed by atoms with Gasteiger partial charge in [-0.1, -0.05) is 12.1 Å². The summed E-state index contributed by atoms with van der Waals surface area (Å²) in [6, 6.07) is 13.8. The van der Waals surface area contributed by atoms with E-state index in [1.54, 1.807) is 19.1 Å². The zero-order valence-corrected chi connectivity index (χ0v) is 16.4. The quantitative estimate of drug-likeness (QED) is 0.555. The van der Waals surface area contributed by atoms with Crippen molar-refractivity contribution in [1.29, 1.82) is 0 Å². The summed E-state index contributed by atoms with van der Waals surface area (Å²) in [5, 5.41) is 2.54. The maximum atomic E-state index is 12.6. The molecule has 0 spiro atoms. The van der Waals surface area contributed by atoms with Crippen molar-refractivity contribution < 1.29 is 27.5 Å². The molecule has 7 heteroatoms. The summed E-state index contributed by atoms with van der Waals surface area (Å²) in [5.41, 5.74) is 3.54. The van der Waals surface area contributed by atoms with E-state index >= 15 is 0 Å². The van der Waals surface area contributed by atoms with E-state index in [1.807, 2.05) is 12.1 Å². The Morgan fingerprint density at radius 2 is 1.93 bits per heavy atom. The average molecular weight is 413 g/mol. The number of hydrogen-bond acceptors (Lipinski definition) is 4.